The zero-order valence-electron chi connectivity index (χ0n) is 14.7. The molecular weight excluding hydrogens is 240 g/mol. The molecule has 0 saturated carbocycles. The maximum absolute atomic E-state index is 2.54. The molecule has 20 heavy (non-hydrogen) atoms. The number of benzene rings is 1. The summed E-state index contributed by atoms with van der Waals surface area (Å²) in [5.41, 5.74) is 2.18. The van der Waals surface area contributed by atoms with Gasteiger partial charge in [-0.3, -0.25) is 0 Å². The Morgan fingerprint density at radius 1 is 0.900 bits per heavy atom. The van der Waals surface area contributed by atoms with Crippen LogP contribution in [0.4, 0.5) is 0 Å². The largest absolute Gasteiger partial charge is 0.129 e. The molecule has 0 spiro atoms. The quantitative estimate of drug-likeness (QED) is 0.538. The van der Waals surface area contributed by atoms with Gasteiger partial charge in [0.15, 0.2) is 0 Å². The van der Waals surface area contributed by atoms with Crippen molar-refractivity contribution in [1.29, 1.82) is 0 Å². The number of hydrogen-bond donors (Lipinski definition) is 0. The van der Waals surface area contributed by atoms with Gasteiger partial charge in [0.1, 0.15) is 11.3 Å². The molecule has 0 radical (unpaired) electrons. The maximum atomic E-state index is 2.54. The SMILES string of the molecule is CCC(C)(C)C(C)(C)C([CH+]C(C)(C)C)c1ccccc1. The van der Waals surface area contributed by atoms with Crippen molar-refractivity contribution in [3.05, 3.63) is 42.3 Å². The van der Waals surface area contributed by atoms with Crippen molar-refractivity contribution in [2.45, 2.75) is 67.7 Å². The Labute approximate surface area is 127 Å². The van der Waals surface area contributed by atoms with Crippen molar-refractivity contribution in [3.8, 4) is 0 Å². The Morgan fingerprint density at radius 3 is 1.80 bits per heavy atom. The van der Waals surface area contributed by atoms with Crippen molar-refractivity contribution in [3.63, 3.8) is 0 Å². The summed E-state index contributed by atoms with van der Waals surface area (Å²) in [6, 6.07) is 11.0. The van der Waals surface area contributed by atoms with Gasteiger partial charge in [0.05, 0.1) is 6.42 Å². The van der Waals surface area contributed by atoms with E-state index < -0.39 is 0 Å². The smallest absolute Gasteiger partial charge is 0.0648 e. The van der Waals surface area contributed by atoms with Crippen LogP contribution in [0.25, 0.3) is 0 Å². The maximum Gasteiger partial charge on any atom is 0.129 e. The Kier molecular flexibility index (Phi) is 5.00. The van der Waals surface area contributed by atoms with Gasteiger partial charge < -0.3 is 0 Å². The van der Waals surface area contributed by atoms with Crippen LogP contribution in [0.2, 0.25) is 0 Å². The van der Waals surface area contributed by atoms with Crippen LogP contribution in [0.15, 0.2) is 30.3 Å². The van der Waals surface area contributed by atoms with Crippen molar-refractivity contribution in [2.75, 3.05) is 0 Å². The van der Waals surface area contributed by atoms with Gasteiger partial charge in [-0.15, -0.1) is 0 Å². The Bertz CT molecular complexity index is 403. The molecule has 0 N–H and O–H groups in total. The van der Waals surface area contributed by atoms with E-state index in [4.69, 9.17) is 0 Å². The molecule has 0 nitrogen and oxygen atoms in total. The summed E-state index contributed by atoms with van der Waals surface area (Å²) in [5.74, 6) is 0.471. The predicted molar refractivity (Wildman–Crippen MR) is 90.8 cm³/mol. The van der Waals surface area contributed by atoms with Crippen LogP contribution in [0.1, 0.15) is 73.3 Å². The van der Waals surface area contributed by atoms with E-state index in [0.717, 1.165) is 0 Å². The van der Waals surface area contributed by atoms with E-state index in [-0.39, 0.29) is 10.8 Å². The van der Waals surface area contributed by atoms with Gasteiger partial charge in [-0.2, -0.15) is 0 Å². The van der Waals surface area contributed by atoms with Gasteiger partial charge in [-0.25, -0.2) is 0 Å². The first-order chi connectivity index (χ1) is 9.01. The van der Waals surface area contributed by atoms with Gasteiger partial charge in [-0.1, -0.05) is 71.4 Å². The van der Waals surface area contributed by atoms with E-state index in [0.29, 0.717) is 11.3 Å². The monoisotopic (exact) mass is 273 g/mol. The summed E-state index contributed by atoms with van der Waals surface area (Å²) in [7, 11) is 0. The molecule has 0 bridgehead atoms. The van der Waals surface area contributed by atoms with Crippen LogP contribution in [0, 0.1) is 22.7 Å². The zero-order chi connectivity index (χ0) is 15.6. The molecule has 0 aliphatic rings. The highest BCUT2D eigenvalue weighted by atomic mass is 14.5. The molecular formula is C20H33+. The lowest BCUT2D eigenvalue weighted by atomic mass is 9.56. The average Bonchev–Trinajstić information content (AvgIpc) is 2.35. The van der Waals surface area contributed by atoms with Crippen LogP contribution in [0.5, 0.6) is 0 Å². The molecule has 1 aromatic rings. The molecule has 0 aliphatic heterocycles. The molecule has 0 heteroatoms. The topological polar surface area (TPSA) is 0 Å². The molecule has 1 unspecified atom stereocenters. The lowest BCUT2D eigenvalue weighted by Gasteiger charge is -2.44. The highest BCUT2D eigenvalue weighted by Crippen LogP contribution is 2.53. The fourth-order valence-corrected chi connectivity index (χ4v) is 2.76. The first kappa shape index (κ1) is 17.1. The van der Waals surface area contributed by atoms with Gasteiger partial charge in [0, 0.05) is 5.41 Å². The zero-order valence-corrected chi connectivity index (χ0v) is 14.7. The number of hydrogen-bond acceptors (Lipinski definition) is 0. The molecule has 1 aromatic carbocycles. The summed E-state index contributed by atoms with van der Waals surface area (Å²) in [4.78, 5) is 0. The third kappa shape index (κ3) is 3.81. The number of rotatable bonds is 5. The summed E-state index contributed by atoms with van der Waals surface area (Å²) < 4.78 is 0. The van der Waals surface area contributed by atoms with Crippen LogP contribution < -0.4 is 0 Å². The first-order valence-electron chi connectivity index (χ1n) is 7.92. The predicted octanol–water partition coefficient (Wildman–Crippen LogP) is 6.48. The lowest BCUT2D eigenvalue weighted by Crippen LogP contribution is -2.39. The lowest BCUT2D eigenvalue weighted by molar-refractivity contribution is 0.0748. The molecule has 112 valence electrons. The molecule has 0 aliphatic carbocycles. The van der Waals surface area contributed by atoms with Gasteiger partial charge >= 0.3 is 0 Å². The average molecular weight is 273 g/mol. The summed E-state index contributed by atoms with van der Waals surface area (Å²) in [6.45, 7) is 18.9. The van der Waals surface area contributed by atoms with Crippen molar-refractivity contribution >= 4 is 0 Å². The Balaban J connectivity index is 3.25. The standard InChI is InChI=1S/C20H33/c1-9-19(5,6)20(7,8)17(15-18(2,3)4)16-13-11-10-12-14-16/h10-15,17H,9H2,1-8H3/q+1. The van der Waals surface area contributed by atoms with E-state index in [2.05, 4.69) is 92.1 Å². The van der Waals surface area contributed by atoms with Gasteiger partial charge in [0.25, 0.3) is 0 Å². The summed E-state index contributed by atoms with van der Waals surface area (Å²) in [6.07, 6.45) is 3.74. The van der Waals surface area contributed by atoms with Crippen LogP contribution in [0.3, 0.4) is 0 Å². The minimum atomic E-state index is 0.219. The fourth-order valence-electron chi connectivity index (χ4n) is 2.76. The van der Waals surface area contributed by atoms with E-state index in [9.17, 15) is 0 Å². The second-order valence-electron chi connectivity index (χ2n) is 8.38. The van der Waals surface area contributed by atoms with Crippen LogP contribution in [-0.2, 0) is 0 Å². The second kappa shape index (κ2) is 5.84. The van der Waals surface area contributed by atoms with Gasteiger partial charge in [-0.05, 0) is 31.7 Å². The normalized spacial score (nSPS) is 15.0. The van der Waals surface area contributed by atoms with Crippen molar-refractivity contribution < 1.29 is 0 Å². The Hall–Kier alpha value is -0.910. The van der Waals surface area contributed by atoms with Crippen molar-refractivity contribution in [1.82, 2.24) is 0 Å². The van der Waals surface area contributed by atoms with Crippen LogP contribution >= 0.6 is 0 Å². The fraction of sp³-hybridized carbons (Fsp3) is 0.650. The highest BCUT2D eigenvalue weighted by Gasteiger charge is 2.48. The second-order valence-corrected chi connectivity index (χ2v) is 8.38. The highest BCUT2D eigenvalue weighted by molar-refractivity contribution is 5.27. The molecule has 0 aromatic heterocycles. The van der Waals surface area contributed by atoms with E-state index in [1.165, 1.54) is 12.0 Å². The van der Waals surface area contributed by atoms with E-state index in [1.807, 2.05) is 0 Å². The molecule has 0 saturated heterocycles. The molecule has 0 fully saturated rings. The molecule has 1 rings (SSSR count). The molecule has 0 heterocycles. The molecule has 0 amide bonds. The summed E-state index contributed by atoms with van der Waals surface area (Å²) in [5, 5.41) is 0. The van der Waals surface area contributed by atoms with E-state index >= 15 is 0 Å². The van der Waals surface area contributed by atoms with Crippen LogP contribution in [-0.4, -0.2) is 0 Å². The summed E-state index contributed by atoms with van der Waals surface area (Å²) >= 11 is 0. The van der Waals surface area contributed by atoms with E-state index in [1.54, 1.807) is 0 Å². The third-order valence-corrected chi connectivity index (χ3v) is 5.23. The van der Waals surface area contributed by atoms with Crippen molar-refractivity contribution in [2.24, 2.45) is 16.2 Å². The Morgan fingerprint density at radius 2 is 1.40 bits per heavy atom. The minimum Gasteiger partial charge on any atom is -0.0648 e. The molecule has 1 atom stereocenters. The minimum absolute atomic E-state index is 0.219. The third-order valence-electron chi connectivity index (χ3n) is 5.23. The van der Waals surface area contributed by atoms with Gasteiger partial charge in [0.2, 0.25) is 0 Å². The first-order valence-corrected chi connectivity index (χ1v) is 7.92.